The number of fused-ring (bicyclic) bond motifs is 1. The van der Waals surface area contributed by atoms with Gasteiger partial charge in [0, 0.05) is 5.02 Å². The number of carbonyl (C=O) groups is 3. The number of methoxy groups -OCH3 is 1. The molecular weight excluding hydrogens is 417 g/mol. The van der Waals surface area contributed by atoms with Crippen molar-refractivity contribution in [3.05, 3.63) is 53.3 Å². The predicted molar refractivity (Wildman–Crippen MR) is 105 cm³/mol. The molecule has 11 heteroatoms. The van der Waals surface area contributed by atoms with Gasteiger partial charge in [-0.2, -0.15) is 5.11 Å². The van der Waals surface area contributed by atoms with Gasteiger partial charge in [-0.15, -0.1) is 0 Å². The summed E-state index contributed by atoms with van der Waals surface area (Å²) >= 11 is 5.96. The average Bonchev–Trinajstić information content (AvgIpc) is 3.23. The molecule has 30 heavy (non-hydrogen) atoms. The highest BCUT2D eigenvalue weighted by Crippen LogP contribution is 2.32. The third kappa shape index (κ3) is 3.45. The molecule has 0 radical (unpaired) electrons. The Hall–Kier alpha value is -3.53. The van der Waals surface area contributed by atoms with E-state index >= 15 is 0 Å². The van der Waals surface area contributed by atoms with Gasteiger partial charge in [0.05, 0.1) is 18.5 Å². The average molecular weight is 432 g/mol. The van der Waals surface area contributed by atoms with Crippen molar-refractivity contribution < 1.29 is 23.5 Å². The molecule has 2 aliphatic heterocycles. The summed E-state index contributed by atoms with van der Waals surface area (Å²) in [7, 11) is 1.45. The first kappa shape index (κ1) is 19.8. The second-order valence-electron chi connectivity index (χ2n) is 6.57. The van der Waals surface area contributed by atoms with Crippen LogP contribution in [0.3, 0.4) is 0 Å². The molecule has 2 aliphatic rings. The maximum atomic E-state index is 13.2. The molecule has 1 fully saturated rings. The number of rotatable bonds is 5. The summed E-state index contributed by atoms with van der Waals surface area (Å²) in [6, 6.07) is 7.57. The van der Waals surface area contributed by atoms with E-state index in [1.165, 1.54) is 25.3 Å². The SMILES string of the molecule is COc1ccc(Cl)cc1NC(=O)CN1N=NC2C(=O)N(c3ccc(F)cc3)C(=O)C21. The summed E-state index contributed by atoms with van der Waals surface area (Å²) in [4.78, 5) is 38.9. The molecule has 1 N–H and O–H groups in total. The lowest BCUT2D eigenvalue weighted by Crippen LogP contribution is -2.43. The van der Waals surface area contributed by atoms with E-state index in [0.29, 0.717) is 16.5 Å². The van der Waals surface area contributed by atoms with Crippen LogP contribution in [-0.4, -0.2) is 48.5 Å². The van der Waals surface area contributed by atoms with Crippen molar-refractivity contribution >= 4 is 40.7 Å². The van der Waals surface area contributed by atoms with Gasteiger partial charge in [0.1, 0.15) is 18.1 Å². The third-order valence-electron chi connectivity index (χ3n) is 4.68. The Morgan fingerprint density at radius 3 is 2.63 bits per heavy atom. The summed E-state index contributed by atoms with van der Waals surface area (Å²) in [6.07, 6.45) is 0. The van der Waals surface area contributed by atoms with Gasteiger partial charge in [-0.3, -0.25) is 19.4 Å². The molecule has 2 aromatic rings. The zero-order valence-corrected chi connectivity index (χ0v) is 16.3. The summed E-state index contributed by atoms with van der Waals surface area (Å²) in [5, 5.41) is 11.9. The van der Waals surface area contributed by atoms with Crippen molar-refractivity contribution in [3.8, 4) is 5.75 Å². The number of benzene rings is 2. The lowest BCUT2D eigenvalue weighted by Gasteiger charge is -2.20. The van der Waals surface area contributed by atoms with E-state index in [0.717, 1.165) is 22.0 Å². The Morgan fingerprint density at radius 2 is 1.93 bits per heavy atom. The Morgan fingerprint density at radius 1 is 1.20 bits per heavy atom. The highest BCUT2D eigenvalue weighted by molar-refractivity contribution is 6.31. The van der Waals surface area contributed by atoms with Crippen molar-refractivity contribution in [2.75, 3.05) is 23.9 Å². The van der Waals surface area contributed by atoms with E-state index in [1.54, 1.807) is 12.1 Å². The largest absolute Gasteiger partial charge is 0.495 e. The van der Waals surface area contributed by atoms with E-state index in [2.05, 4.69) is 15.7 Å². The molecular formula is C19H15ClFN5O4. The quantitative estimate of drug-likeness (QED) is 0.732. The van der Waals surface area contributed by atoms with Crippen molar-refractivity contribution in [3.63, 3.8) is 0 Å². The highest BCUT2D eigenvalue weighted by atomic mass is 35.5. The highest BCUT2D eigenvalue weighted by Gasteiger charge is 2.55. The van der Waals surface area contributed by atoms with Crippen LogP contribution in [-0.2, 0) is 14.4 Å². The van der Waals surface area contributed by atoms with E-state index in [4.69, 9.17) is 16.3 Å². The number of imide groups is 1. The molecule has 2 unspecified atom stereocenters. The normalized spacial score (nSPS) is 20.0. The molecule has 0 aliphatic carbocycles. The second-order valence-corrected chi connectivity index (χ2v) is 7.01. The molecule has 154 valence electrons. The molecule has 4 rings (SSSR count). The smallest absolute Gasteiger partial charge is 0.263 e. The minimum absolute atomic E-state index is 0.226. The van der Waals surface area contributed by atoms with E-state index in [9.17, 15) is 18.8 Å². The van der Waals surface area contributed by atoms with Gasteiger partial charge in [0.25, 0.3) is 11.8 Å². The van der Waals surface area contributed by atoms with Gasteiger partial charge < -0.3 is 10.1 Å². The van der Waals surface area contributed by atoms with Gasteiger partial charge in [0.15, 0.2) is 12.1 Å². The van der Waals surface area contributed by atoms with Crippen LogP contribution in [0.1, 0.15) is 0 Å². The van der Waals surface area contributed by atoms with Crippen LogP contribution in [0.25, 0.3) is 0 Å². The lowest BCUT2D eigenvalue weighted by atomic mass is 10.1. The van der Waals surface area contributed by atoms with Crippen molar-refractivity contribution in [2.45, 2.75) is 12.1 Å². The van der Waals surface area contributed by atoms with Crippen LogP contribution in [0.4, 0.5) is 15.8 Å². The Balaban J connectivity index is 1.49. The van der Waals surface area contributed by atoms with Gasteiger partial charge in [-0.25, -0.2) is 9.29 Å². The fourth-order valence-corrected chi connectivity index (χ4v) is 3.49. The number of hydrogen-bond acceptors (Lipinski definition) is 7. The molecule has 0 aromatic heterocycles. The Labute approximate surface area is 175 Å². The van der Waals surface area contributed by atoms with Crippen molar-refractivity contribution in [1.82, 2.24) is 5.01 Å². The maximum absolute atomic E-state index is 13.2. The standard InChI is InChI=1S/C19H15ClFN5O4/c1-30-14-7-2-10(20)8-13(14)22-15(27)9-25-17-16(23-24-25)18(28)26(19(17)29)12-5-3-11(21)4-6-12/h2-8,16-17H,9H2,1H3,(H,22,27). The lowest BCUT2D eigenvalue weighted by molar-refractivity contribution is -0.123. The van der Waals surface area contributed by atoms with Gasteiger partial charge in [0.2, 0.25) is 5.91 Å². The summed E-state index contributed by atoms with van der Waals surface area (Å²) < 4.78 is 18.4. The van der Waals surface area contributed by atoms with Gasteiger partial charge in [-0.05, 0) is 42.5 Å². The van der Waals surface area contributed by atoms with E-state index < -0.39 is 35.6 Å². The number of amides is 3. The molecule has 0 spiro atoms. The first-order valence-electron chi connectivity index (χ1n) is 8.83. The maximum Gasteiger partial charge on any atom is 0.263 e. The third-order valence-corrected chi connectivity index (χ3v) is 4.92. The molecule has 9 nitrogen and oxygen atoms in total. The minimum atomic E-state index is -1.06. The first-order valence-corrected chi connectivity index (χ1v) is 9.21. The zero-order valence-electron chi connectivity index (χ0n) is 15.6. The summed E-state index contributed by atoms with van der Waals surface area (Å²) in [5.41, 5.74) is 0.577. The van der Waals surface area contributed by atoms with Crippen LogP contribution in [0.15, 0.2) is 52.8 Å². The molecule has 2 heterocycles. The number of nitrogens with zero attached hydrogens (tertiary/aromatic N) is 4. The van der Waals surface area contributed by atoms with E-state index in [1.807, 2.05) is 0 Å². The fourth-order valence-electron chi connectivity index (χ4n) is 3.31. The van der Waals surface area contributed by atoms with E-state index in [-0.39, 0.29) is 12.2 Å². The first-order chi connectivity index (χ1) is 14.4. The minimum Gasteiger partial charge on any atom is -0.495 e. The molecule has 2 aromatic carbocycles. The molecule has 2 atom stereocenters. The topological polar surface area (TPSA) is 104 Å². The van der Waals surface area contributed by atoms with Crippen LogP contribution >= 0.6 is 11.6 Å². The molecule has 0 saturated carbocycles. The number of anilines is 2. The van der Waals surface area contributed by atoms with Crippen LogP contribution in [0.2, 0.25) is 5.02 Å². The molecule has 1 saturated heterocycles. The van der Waals surface area contributed by atoms with Crippen LogP contribution in [0, 0.1) is 5.82 Å². The number of carbonyl (C=O) groups excluding carboxylic acids is 3. The van der Waals surface area contributed by atoms with Crippen LogP contribution < -0.4 is 15.0 Å². The van der Waals surface area contributed by atoms with Crippen molar-refractivity contribution in [1.29, 1.82) is 0 Å². The fraction of sp³-hybridized carbons (Fsp3) is 0.211. The van der Waals surface area contributed by atoms with Gasteiger partial charge >= 0.3 is 0 Å². The van der Waals surface area contributed by atoms with Gasteiger partial charge in [-0.1, -0.05) is 16.8 Å². The number of ether oxygens (including phenoxy) is 1. The predicted octanol–water partition coefficient (Wildman–Crippen LogP) is 2.42. The van der Waals surface area contributed by atoms with Crippen molar-refractivity contribution in [2.24, 2.45) is 10.3 Å². The monoisotopic (exact) mass is 431 g/mol. The Bertz CT molecular complexity index is 1060. The summed E-state index contributed by atoms with van der Waals surface area (Å²) in [6.45, 7) is -0.323. The Kier molecular flexibility index (Phi) is 5.08. The molecule has 3 amide bonds. The number of hydrogen-bond donors (Lipinski definition) is 1. The zero-order chi connectivity index (χ0) is 21.4. The second kappa shape index (κ2) is 7.71. The summed E-state index contributed by atoms with van der Waals surface area (Å²) in [5.74, 6) is -1.76. The molecule has 0 bridgehead atoms. The number of halogens is 2. The number of nitrogens with one attached hydrogen (secondary N) is 1. The van der Waals surface area contributed by atoms with Crippen LogP contribution in [0.5, 0.6) is 5.75 Å².